The van der Waals surface area contributed by atoms with Gasteiger partial charge >= 0.3 is 12.1 Å². The van der Waals surface area contributed by atoms with Crippen LogP contribution in [0.2, 0.25) is 0 Å². The summed E-state index contributed by atoms with van der Waals surface area (Å²) in [5, 5.41) is 1.85. The van der Waals surface area contributed by atoms with E-state index in [0.717, 1.165) is 25.1 Å². The second-order valence-corrected chi connectivity index (χ2v) is 6.01. The van der Waals surface area contributed by atoms with E-state index in [4.69, 9.17) is 0 Å². The zero-order chi connectivity index (χ0) is 15.6. The Morgan fingerprint density at radius 1 is 1.38 bits per heavy atom. The zero-order valence-corrected chi connectivity index (χ0v) is 13.1. The molecule has 0 saturated carbocycles. The van der Waals surface area contributed by atoms with Crippen molar-refractivity contribution in [3.8, 4) is 0 Å². The summed E-state index contributed by atoms with van der Waals surface area (Å²) in [4.78, 5) is 13.1. The van der Waals surface area contributed by atoms with Gasteiger partial charge in [0.1, 0.15) is 0 Å². The lowest BCUT2D eigenvalue weighted by Crippen LogP contribution is -2.37. The van der Waals surface area contributed by atoms with Gasteiger partial charge in [-0.3, -0.25) is 4.79 Å². The molecule has 1 N–H and O–H groups in total. The third-order valence-corrected chi connectivity index (χ3v) is 4.21. The van der Waals surface area contributed by atoms with Crippen LogP contribution in [0.5, 0.6) is 0 Å². The number of halogens is 4. The number of anilines is 2. The highest BCUT2D eigenvalue weighted by Gasteiger charge is 2.38. The molecule has 7 heteroatoms. The van der Waals surface area contributed by atoms with Crippen molar-refractivity contribution in [3.63, 3.8) is 0 Å². The van der Waals surface area contributed by atoms with Gasteiger partial charge in [0.2, 0.25) is 0 Å². The fourth-order valence-electron chi connectivity index (χ4n) is 2.48. The fraction of sp³-hybridized carbons (Fsp3) is 0.500. The average Bonchev–Trinajstić information content (AvgIpc) is 2.39. The maximum absolute atomic E-state index is 12.2. The molecule has 1 aliphatic rings. The number of hydrogen-bond donors (Lipinski definition) is 1. The summed E-state index contributed by atoms with van der Waals surface area (Å²) in [6.07, 6.45) is -1.50. The molecule has 1 aromatic carbocycles. The molecule has 1 aliphatic heterocycles. The topological polar surface area (TPSA) is 32.3 Å². The predicted octanol–water partition coefficient (Wildman–Crippen LogP) is 4.33. The van der Waals surface area contributed by atoms with Gasteiger partial charge in [0, 0.05) is 22.7 Å². The van der Waals surface area contributed by atoms with Crippen molar-refractivity contribution in [1.82, 2.24) is 0 Å². The average molecular weight is 365 g/mol. The number of carbonyl (C=O) groups is 1. The van der Waals surface area contributed by atoms with Crippen LogP contribution < -0.4 is 10.2 Å². The van der Waals surface area contributed by atoms with E-state index in [-0.39, 0.29) is 5.69 Å². The number of benzene rings is 1. The summed E-state index contributed by atoms with van der Waals surface area (Å²) in [5.41, 5.74) is 1.06. The molecule has 0 radical (unpaired) electrons. The van der Waals surface area contributed by atoms with Crippen molar-refractivity contribution < 1.29 is 18.0 Å². The van der Waals surface area contributed by atoms with E-state index in [2.05, 4.69) is 27.8 Å². The van der Waals surface area contributed by atoms with Crippen LogP contribution >= 0.6 is 15.9 Å². The van der Waals surface area contributed by atoms with Gasteiger partial charge in [0.15, 0.2) is 0 Å². The minimum Gasteiger partial charge on any atom is -0.368 e. The largest absolute Gasteiger partial charge is 0.471 e. The minimum absolute atomic E-state index is 0.123. The van der Waals surface area contributed by atoms with Crippen LogP contribution in [0.15, 0.2) is 22.7 Å². The first-order chi connectivity index (χ1) is 9.79. The number of nitrogens with zero attached hydrogens (tertiary/aromatic N) is 1. The third kappa shape index (κ3) is 3.90. The number of rotatable bonds is 2. The Bertz CT molecular complexity index is 533. The van der Waals surface area contributed by atoms with Crippen molar-refractivity contribution in [2.75, 3.05) is 16.8 Å². The van der Waals surface area contributed by atoms with Gasteiger partial charge in [0.05, 0.1) is 5.69 Å². The molecule has 116 valence electrons. The summed E-state index contributed by atoms with van der Waals surface area (Å²) in [6, 6.07) is 5.12. The second-order valence-electron chi connectivity index (χ2n) is 5.16. The Hall–Kier alpha value is -1.24. The molecule has 1 fully saturated rings. The Morgan fingerprint density at radius 3 is 2.67 bits per heavy atom. The quantitative estimate of drug-likeness (QED) is 0.846. The normalized spacial score (nSPS) is 19.5. The molecule has 1 saturated heterocycles. The SMILES string of the molecule is C[C@H]1CCCCN1c1ccc(NC(=O)C(F)(F)F)cc1Br. The Morgan fingerprint density at radius 2 is 2.10 bits per heavy atom. The number of nitrogens with one attached hydrogen (secondary N) is 1. The molecule has 1 amide bonds. The van der Waals surface area contributed by atoms with Gasteiger partial charge in [-0.05, 0) is 60.3 Å². The van der Waals surface area contributed by atoms with E-state index in [1.54, 1.807) is 6.07 Å². The number of carbonyl (C=O) groups excluding carboxylic acids is 1. The molecule has 3 nitrogen and oxygen atoms in total. The summed E-state index contributed by atoms with van der Waals surface area (Å²) < 4.78 is 37.4. The molecule has 0 unspecified atom stereocenters. The van der Waals surface area contributed by atoms with E-state index >= 15 is 0 Å². The van der Waals surface area contributed by atoms with Gasteiger partial charge in [-0.1, -0.05) is 0 Å². The van der Waals surface area contributed by atoms with Gasteiger partial charge < -0.3 is 10.2 Å². The number of alkyl halides is 3. The first-order valence-corrected chi connectivity index (χ1v) is 7.52. The first kappa shape index (κ1) is 16.1. The molecule has 1 aromatic rings. The van der Waals surface area contributed by atoms with E-state index in [0.29, 0.717) is 10.5 Å². The summed E-state index contributed by atoms with van der Waals surface area (Å²) in [7, 11) is 0. The molecule has 0 aliphatic carbocycles. The smallest absolute Gasteiger partial charge is 0.368 e. The second kappa shape index (κ2) is 6.25. The van der Waals surface area contributed by atoms with Gasteiger partial charge in [-0.25, -0.2) is 0 Å². The van der Waals surface area contributed by atoms with Crippen molar-refractivity contribution in [1.29, 1.82) is 0 Å². The van der Waals surface area contributed by atoms with Crippen LogP contribution in [0.4, 0.5) is 24.5 Å². The van der Waals surface area contributed by atoms with Crippen LogP contribution in [-0.2, 0) is 4.79 Å². The third-order valence-electron chi connectivity index (χ3n) is 3.58. The lowest BCUT2D eigenvalue weighted by atomic mass is 10.0. The molecule has 0 bridgehead atoms. The highest BCUT2D eigenvalue weighted by Crippen LogP contribution is 2.33. The molecule has 1 heterocycles. The maximum Gasteiger partial charge on any atom is 0.471 e. The highest BCUT2D eigenvalue weighted by molar-refractivity contribution is 9.10. The van der Waals surface area contributed by atoms with Crippen LogP contribution in [0.25, 0.3) is 0 Å². The maximum atomic E-state index is 12.2. The van der Waals surface area contributed by atoms with E-state index in [1.807, 2.05) is 5.32 Å². The van der Waals surface area contributed by atoms with Gasteiger partial charge in [-0.2, -0.15) is 13.2 Å². The van der Waals surface area contributed by atoms with Gasteiger partial charge in [-0.15, -0.1) is 0 Å². The predicted molar refractivity (Wildman–Crippen MR) is 79.5 cm³/mol. The van der Waals surface area contributed by atoms with E-state index in [1.165, 1.54) is 18.6 Å². The lowest BCUT2D eigenvalue weighted by molar-refractivity contribution is -0.167. The van der Waals surface area contributed by atoms with E-state index in [9.17, 15) is 18.0 Å². The van der Waals surface area contributed by atoms with Crippen molar-refractivity contribution >= 4 is 33.2 Å². The summed E-state index contributed by atoms with van der Waals surface area (Å²) in [5.74, 6) is -1.96. The zero-order valence-electron chi connectivity index (χ0n) is 11.5. The van der Waals surface area contributed by atoms with Crippen molar-refractivity contribution in [2.45, 2.75) is 38.4 Å². The van der Waals surface area contributed by atoms with Crippen molar-refractivity contribution in [3.05, 3.63) is 22.7 Å². The molecular formula is C14H16BrF3N2O. The molecular weight excluding hydrogens is 349 g/mol. The molecule has 1 atom stereocenters. The fourth-order valence-corrected chi connectivity index (χ4v) is 3.08. The highest BCUT2D eigenvalue weighted by atomic mass is 79.9. The van der Waals surface area contributed by atoms with E-state index < -0.39 is 12.1 Å². The first-order valence-electron chi connectivity index (χ1n) is 6.73. The Balaban J connectivity index is 2.16. The van der Waals surface area contributed by atoms with Crippen molar-refractivity contribution in [2.24, 2.45) is 0 Å². The molecule has 0 aromatic heterocycles. The van der Waals surface area contributed by atoms with Crippen LogP contribution in [0, 0.1) is 0 Å². The number of piperidine rings is 1. The van der Waals surface area contributed by atoms with Crippen LogP contribution in [-0.4, -0.2) is 24.7 Å². The molecule has 2 rings (SSSR count). The Labute approximate surface area is 129 Å². The lowest BCUT2D eigenvalue weighted by Gasteiger charge is -2.36. The number of hydrogen-bond acceptors (Lipinski definition) is 2. The standard InChI is InChI=1S/C14H16BrF3N2O/c1-9-4-2-3-7-20(9)12-6-5-10(8-11(12)15)19-13(21)14(16,17)18/h5-6,8-9H,2-4,7H2,1H3,(H,19,21)/t9-/m0/s1. The monoisotopic (exact) mass is 364 g/mol. The van der Waals surface area contributed by atoms with Gasteiger partial charge in [0.25, 0.3) is 0 Å². The number of amides is 1. The molecule has 21 heavy (non-hydrogen) atoms. The summed E-state index contributed by atoms with van der Waals surface area (Å²) >= 11 is 3.38. The van der Waals surface area contributed by atoms with Crippen LogP contribution in [0.3, 0.4) is 0 Å². The minimum atomic E-state index is -4.88. The van der Waals surface area contributed by atoms with Crippen LogP contribution in [0.1, 0.15) is 26.2 Å². The summed E-state index contributed by atoms with van der Waals surface area (Å²) in [6.45, 7) is 3.05. The Kier molecular flexibility index (Phi) is 4.81. The molecule has 0 spiro atoms.